The Labute approximate surface area is 61.1 Å². The van der Waals surface area contributed by atoms with Crippen LogP contribution < -0.4 is 0 Å². The smallest absolute Gasteiger partial charge is 0.0438 e. The third-order valence-corrected chi connectivity index (χ3v) is 2.22. The van der Waals surface area contributed by atoms with Gasteiger partial charge in [-0.1, -0.05) is 0 Å². The minimum Gasteiger partial charge on any atom is -0.261 e. The summed E-state index contributed by atoms with van der Waals surface area (Å²) in [5.41, 5.74) is 4.25. The van der Waals surface area contributed by atoms with E-state index in [0.717, 1.165) is 0 Å². The van der Waals surface area contributed by atoms with E-state index in [-0.39, 0.29) is 0 Å². The molecule has 52 valence electrons. The van der Waals surface area contributed by atoms with Crippen LogP contribution in [0, 0.1) is 6.92 Å². The summed E-state index contributed by atoms with van der Waals surface area (Å²) in [4.78, 5) is 4.32. The van der Waals surface area contributed by atoms with Gasteiger partial charge in [-0.25, -0.2) is 0 Å². The molecule has 1 heteroatoms. The molecule has 0 unspecified atom stereocenters. The molecule has 1 aliphatic carbocycles. The molecule has 1 nitrogen and oxygen atoms in total. The zero-order chi connectivity index (χ0) is 6.97. The molecule has 0 spiro atoms. The van der Waals surface area contributed by atoms with Crippen molar-refractivity contribution in [3.63, 3.8) is 0 Å². The third-order valence-electron chi connectivity index (χ3n) is 2.22. The Morgan fingerprint density at radius 3 is 3.10 bits per heavy atom. The van der Waals surface area contributed by atoms with Crippen LogP contribution in [0.1, 0.15) is 23.2 Å². The quantitative estimate of drug-likeness (QED) is 0.526. The number of fused-ring (bicyclic) bond motifs is 1. The van der Waals surface area contributed by atoms with Gasteiger partial charge in [-0.2, -0.15) is 0 Å². The van der Waals surface area contributed by atoms with Crippen molar-refractivity contribution >= 4 is 0 Å². The summed E-state index contributed by atoms with van der Waals surface area (Å²) in [6.45, 7) is 2.17. The predicted molar refractivity (Wildman–Crippen MR) is 41.0 cm³/mol. The number of hydrogen-bond acceptors (Lipinski definition) is 1. The van der Waals surface area contributed by atoms with Crippen molar-refractivity contribution in [3.05, 3.63) is 29.1 Å². The number of aromatic nitrogens is 1. The zero-order valence-corrected chi connectivity index (χ0v) is 6.22. The monoisotopic (exact) mass is 133 g/mol. The van der Waals surface area contributed by atoms with Crippen molar-refractivity contribution in [2.24, 2.45) is 0 Å². The summed E-state index contributed by atoms with van der Waals surface area (Å²) in [6, 6.07) is 2.10. The second-order valence-corrected chi connectivity index (χ2v) is 2.91. The highest BCUT2D eigenvalue weighted by atomic mass is 14.7. The summed E-state index contributed by atoms with van der Waals surface area (Å²) >= 11 is 0. The predicted octanol–water partition coefficient (Wildman–Crippen LogP) is 1.88. The largest absolute Gasteiger partial charge is 0.261 e. The van der Waals surface area contributed by atoms with Crippen molar-refractivity contribution in [2.75, 3.05) is 0 Å². The molecule has 2 rings (SSSR count). The molecule has 0 aromatic carbocycles. The Balaban J connectivity index is 2.59. The van der Waals surface area contributed by atoms with Gasteiger partial charge in [0.1, 0.15) is 0 Å². The molecule has 0 saturated carbocycles. The first-order valence-electron chi connectivity index (χ1n) is 3.81. The summed E-state index contributed by atoms with van der Waals surface area (Å²) in [5, 5.41) is 0. The summed E-state index contributed by atoms with van der Waals surface area (Å²) in [7, 11) is 0. The number of rotatable bonds is 0. The van der Waals surface area contributed by atoms with Gasteiger partial charge >= 0.3 is 0 Å². The Morgan fingerprint density at radius 2 is 2.30 bits per heavy atom. The van der Waals surface area contributed by atoms with Crippen molar-refractivity contribution in [1.29, 1.82) is 0 Å². The molecule has 0 saturated heterocycles. The van der Waals surface area contributed by atoms with Gasteiger partial charge in [0, 0.05) is 11.9 Å². The summed E-state index contributed by atoms with van der Waals surface area (Å²) in [5.74, 6) is 0. The fraction of sp³-hybridized carbons (Fsp3) is 0.444. The molecule has 0 fully saturated rings. The number of nitrogens with zero attached hydrogens (tertiary/aromatic N) is 1. The van der Waals surface area contributed by atoms with Crippen LogP contribution in [0.4, 0.5) is 0 Å². The lowest BCUT2D eigenvalue weighted by Crippen LogP contribution is -1.89. The fourth-order valence-electron chi connectivity index (χ4n) is 1.63. The van der Waals surface area contributed by atoms with Gasteiger partial charge < -0.3 is 0 Å². The van der Waals surface area contributed by atoms with E-state index >= 15 is 0 Å². The van der Waals surface area contributed by atoms with Crippen LogP contribution in [0.25, 0.3) is 0 Å². The first-order chi connectivity index (χ1) is 4.88. The van der Waals surface area contributed by atoms with Crippen LogP contribution in [-0.4, -0.2) is 4.98 Å². The molecular weight excluding hydrogens is 122 g/mol. The van der Waals surface area contributed by atoms with Gasteiger partial charge in [0.2, 0.25) is 0 Å². The lowest BCUT2D eigenvalue weighted by atomic mass is 10.1. The molecule has 1 aromatic heterocycles. The van der Waals surface area contributed by atoms with E-state index in [4.69, 9.17) is 0 Å². The van der Waals surface area contributed by atoms with E-state index in [1.807, 2.05) is 6.20 Å². The second kappa shape index (κ2) is 2.08. The molecule has 1 aliphatic rings. The van der Waals surface area contributed by atoms with E-state index in [2.05, 4.69) is 18.0 Å². The Bertz CT molecular complexity index is 253. The van der Waals surface area contributed by atoms with E-state index in [0.29, 0.717) is 0 Å². The molecular formula is C9H11N. The van der Waals surface area contributed by atoms with E-state index in [1.54, 1.807) is 0 Å². The average Bonchev–Trinajstić information content (AvgIpc) is 2.36. The van der Waals surface area contributed by atoms with E-state index in [1.165, 1.54) is 36.1 Å². The molecule has 0 bridgehead atoms. The zero-order valence-electron chi connectivity index (χ0n) is 6.22. The van der Waals surface area contributed by atoms with Crippen LogP contribution in [-0.2, 0) is 12.8 Å². The molecule has 0 amide bonds. The van der Waals surface area contributed by atoms with Crippen molar-refractivity contribution in [2.45, 2.75) is 26.2 Å². The fourth-order valence-corrected chi connectivity index (χ4v) is 1.63. The van der Waals surface area contributed by atoms with Gasteiger partial charge in [0.15, 0.2) is 0 Å². The Kier molecular flexibility index (Phi) is 1.23. The van der Waals surface area contributed by atoms with E-state index in [9.17, 15) is 0 Å². The van der Waals surface area contributed by atoms with Gasteiger partial charge in [-0.3, -0.25) is 4.98 Å². The molecule has 10 heavy (non-hydrogen) atoms. The van der Waals surface area contributed by atoms with Crippen LogP contribution >= 0.6 is 0 Å². The van der Waals surface area contributed by atoms with Gasteiger partial charge in [-0.15, -0.1) is 0 Å². The number of hydrogen-bond donors (Lipinski definition) is 0. The van der Waals surface area contributed by atoms with Crippen molar-refractivity contribution in [1.82, 2.24) is 4.98 Å². The van der Waals surface area contributed by atoms with Crippen LogP contribution in [0.5, 0.6) is 0 Å². The topological polar surface area (TPSA) is 12.9 Å². The SMILES string of the molecule is Cc1ccnc2c1CCC2. The molecule has 0 aliphatic heterocycles. The Hall–Kier alpha value is -0.850. The first kappa shape index (κ1) is 5.90. The molecule has 1 heterocycles. The van der Waals surface area contributed by atoms with E-state index < -0.39 is 0 Å². The lowest BCUT2D eigenvalue weighted by Gasteiger charge is -1.99. The van der Waals surface area contributed by atoms with Crippen molar-refractivity contribution < 1.29 is 0 Å². The average molecular weight is 133 g/mol. The van der Waals surface area contributed by atoms with Gasteiger partial charge in [0.25, 0.3) is 0 Å². The third kappa shape index (κ3) is 0.737. The van der Waals surface area contributed by atoms with Crippen LogP contribution in [0.15, 0.2) is 12.3 Å². The normalized spacial score (nSPS) is 15.3. The maximum Gasteiger partial charge on any atom is 0.0438 e. The standard InChI is InChI=1S/C9H11N/c1-7-5-6-10-9-4-2-3-8(7)9/h5-6H,2-4H2,1H3. The number of pyridine rings is 1. The van der Waals surface area contributed by atoms with Gasteiger partial charge in [0.05, 0.1) is 0 Å². The number of aryl methyl sites for hydroxylation is 2. The minimum atomic E-state index is 1.19. The first-order valence-corrected chi connectivity index (χ1v) is 3.81. The highest BCUT2D eigenvalue weighted by Gasteiger charge is 2.12. The molecule has 1 aromatic rings. The van der Waals surface area contributed by atoms with Gasteiger partial charge in [-0.05, 0) is 43.4 Å². The van der Waals surface area contributed by atoms with Crippen LogP contribution in [0.3, 0.4) is 0 Å². The summed E-state index contributed by atoms with van der Waals surface area (Å²) in [6.07, 6.45) is 5.65. The second-order valence-electron chi connectivity index (χ2n) is 2.91. The lowest BCUT2D eigenvalue weighted by molar-refractivity contribution is 0.898. The maximum absolute atomic E-state index is 4.32. The molecule has 0 N–H and O–H groups in total. The maximum atomic E-state index is 4.32. The summed E-state index contributed by atoms with van der Waals surface area (Å²) < 4.78 is 0. The highest BCUT2D eigenvalue weighted by Crippen LogP contribution is 2.21. The minimum absolute atomic E-state index is 1.19. The molecule has 0 atom stereocenters. The molecule has 0 radical (unpaired) electrons. The van der Waals surface area contributed by atoms with Crippen LogP contribution in [0.2, 0.25) is 0 Å². The Morgan fingerprint density at radius 1 is 1.40 bits per heavy atom. The highest BCUT2D eigenvalue weighted by molar-refractivity contribution is 5.32. The van der Waals surface area contributed by atoms with Crippen molar-refractivity contribution in [3.8, 4) is 0 Å².